The summed E-state index contributed by atoms with van der Waals surface area (Å²) in [5.41, 5.74) is -0.289. The molecule has 0 aliphatic carbocycles. The smallest absolute Gasteiger partial charge is 0.369 e. The van der Waals surface area contributed by atoms with E-state index in [0.29, 0.717) is 19.2 Å². The predicted molar refractivity (Wildman–Crippen MR) is 93.9 cm³/mol. The molecular formula is C17H16ClF3N2O2S. The lowest BCUT2D eigenvalue weighted by Crippen LogP contribution is -2.48. The first-order valence-corrected chi connectivity index (χ1v) is 9.68. The number of nitrogens with zero attached hydrogens (tertiary/aromatic N) is 2. The van der Waals surface area contributed by atoms with E-state index in [1.165, 1.54) is 0 Å². The zero-order chi connectivity index (χ0) is 18.9. The molecule has 0 aromatic heterocycles. The summed E-state index contributed by atoms with van der Waals surface area (Å²) in [5, 5.41) is -0.162. The molecule has 0 bridgehead atoms. The van der Waals surface area contributed by atoms with Crippen molar-refractivity contribution in [3.63, 3.8) is 0 Å². The molecule has 4 nitrogen and oxygen atoms in total. The summed E-state index contributed by atoms with van der Waals surface area (Å²) in [5.74, 6) is 0. The summed E-state index contributed by atoms with van der Waals surface area (Å²) >= 11 is 5.63. The number of benzene rings is 2. The molecule has 0 atom stereocenters. The molecule has 1 heterocycles. The van der Waals surface area contributed by atoms with Gasteiger partial charge in [0.15, 0.2) is 0 Å². The van der Waals surface area contributed by atoms with Gasteiger partial charge in [0, 0.05) is 36.9 Å². The number of para-hydroxylation sites is 1. The maximum Gasteiger partial charge on any atom is 0.417 e. The summed E-state index contributed by atoms with van der Waals surface area (Å²) in [7, 11) is -4.27. The standard InChI is InChI=1S/C17H16ClF3N2O2S/c18-13-6-7-16(15(12-13)17(19,20)21)26(24,25)23-10-8-22(9-11-23)14-4-2-1-3-5-14/h1-7,12H,8-11H2. The van der Waals surface area contributed by atoms with E-state index in [-0.39, 0.29) is 18.1 Å². The Morgan fingerprint density at radius 1 is 0.923 bits per heavy atom. The van der Waals surface area contributed by atoms with Crippen LogP contribution in [0.15, 0.2) is 53.4 Å². The average Bonchev–Trinajstić information content (AvgIpc) is 2.61. The zero-order valence-electron chi connectivity index (χ0n) is 13.6. The fourth-order valence-corrected chi connectivity index (χ4v) is 4.70. The summed E-state index contributed by atoms with van der Waals surface area (Å²) in [6.07, 6.45) is -4.81. The third-order valence-electron chi connectivity index (χ3n) is 4.22. The SMILES string of the molecule is O=S(=O)(c1ccc(Cl)cc1C(F)(F)F)N1CCN(c2ccccc2)CC1. The molecule has 1 aliphatic heterocycles. The van der Waals surface area contributed by atoms with Crippen molar-refractivity contribution in [1.29, 1.82) is 0 Å². The summed E-state index contributed by atoms with van der Waals surface area (Å²) in [4.78, 5) is 1.24. The van der Waals surface area contributed by atoms with Crippen LogP contribution < -0.4 is 4.90 Å². The third-order valence-corrected chi connectivity index (χ3v) is 6.42. The van der Waals surface area contributed by atoms with E-state index < -0.39 is 26.7 Å². The maximum absolute atomic E-state index is 13.3. The number of anilines is 1. The Hall–Kier alpha value is -1.77. The fourth-order valence-electron chi connectivity index (χ4n) is 2.91. The lowest BCUT2D eigenvalue weighted by Gasteiger charge is -2.35. The molecule has 0 unspecified atom stereocenters. The number of alkyl halides is 3. The van der Waals surface area contributed by atoms with Gasteiger partial charge in [0.1, 0.15) is 0 Å². The van der Waals surface area contributed by atoms with E-state index in [0.717, 1.165) is 22.1 Å². The zero-order valence-corrected chi connectivity index (χ0v) is 15.2. The van der Waals surface area contributed by atoms with Gasteiger partial charge in [-0.25, -0.2) is 8.42 Å². The molecule has 1 saturated heterocycles. The minimum Gasteiger partial charge on any atom is -0.369 e. The molecule has 9 heteroatoms. The first-order valence-electron chi connectivity index (χ1n) is 7.86. The summed E-state index contributed by atoms with van der Waals surface area (Å²) in [6, 6.07) is 12.2. The van der Waals surface area contributed by atoms with Gasteiger partial charge in [-0.15, -0.1) is 0 Å². The molecule has 2 aromatic rings. The lowest BCUT2D eigenvalue weighted by atomic mass is 10.2. The highest BCUT2D eigenvalue weighted by atomic mass is 35.5. The van der Waals surface area contributed by atoms with Crippen molar-refractivity contribution >= 4 is 27.3 Å². The Labute approximate surface area is 154 Å². The topological polar surface area (TPSA) is 40.6 Å². The molecule has 1 aliphatic rings. The van der Waals surface area contributed by atoms with Crippen molar-refractivity contribution in [3.05, 3.63) is 59.1 Å². The van der Waals surface area contributed by atoms with E-state index in [4.69, 9.17) is 11.6 Å². The summed E-state index contributed by atoms with van der Waals surface area (Å²) in [6.45, 7) is 1.02. The molecule has 3 rings (SSSR count). The van der Waals surface area contributed by atoms with E-state index in [1.807, 2.05) is 35.2 Å². The van der Waals surface area contributed by atoms with E-state index in [9.17, 15) is 21.6 Å². The number of sulfonamides is 1. The van der Waals surface area contributed by atoms with Crippen LogP contribution in [-0.4, -0.2) is 38.9 Å². The van der Waals surface area contributed by atoms with Crippen LogP contribution in [0, 0.1) is 0 Å². The Kier molecular flexibility index (Phi) is 5.18. The Bertz CT molecular complexity index is 881. The van der Waals surface area contributed by atoms with Crippen LogP contribution in [0.4, 0.5) is 18.9 Å². The maximum atomic E-state index is 13.3. The highest BCUT2D eigenvalue weighted by Gasteiger charge is 2.40. The minimum absolute atomic E-state index is 0.108. The highest BCUT2D eigenvalue weighted by molar-refractivity contribution is 7.89. The average molecular weight is 405 g/mol. The van der Waals surface area contributed by atoms with Crippen molar-refractivity contribution in [1.82, 2.24) is 4.31 Å². The second-order valence-corrected chi connectivity index (χ2v) is 8.21. The highest BCUT2D eigenvalue weighted by Crippen LogP contribution is 2.37. The van der Waals surface area contributed by atoms with Gasteiger partial charge in [0.25, 0.3) is 0 Å². The fraction of sp³-hybridized carbons (Fsp3) is 0.294. The molecule has 0 N–H and O–H groups in total. The molecule has 0 saturated carbocycles. The number of hydrogen-bond donors (Lipinski definition) is 0. The van der Waals surface area contributed by atoms with E-state index in [2.05, 4.69) is 0 Å². The van der Waals surface area contributed by atoms with Gasteiger partial charge in [-0.1, -0.05) is 29.8 Å². The molecule has 140 valence electrons. The van der Waals surface area contributed by atoms with Crippen LogP contribution in [0.3, 0.4) is 0 Å². The van der Waals surface area contributed by atoms with Crippen molar-refractivity contribution in [2.45, 2.75) is 11.1 Å². The number of hydrogen-bond acceptors (Lipinski definition) is 3. The van der Waals surface area contributed by atoms with Crippen molar-refractivity contribution < 1.29 is 21.6 Å². The Morgan fingerprint density at radius 2 is 1.54 bits per heavy atom. The van der Waals surface area contributed by atoms with Gasteiger partial charge >= 0.3 is 6.18 Å². The van der Waals surface area contributed by atoms with Crippen LogP contribution >= 0.6 is 11.6 Å². The van der Waals surface area contributed by atoms with Crippen molar-refractivity contribution in [3.8, 4) is 0 Å². The van der Waals surface area contributed by atoms with Gasteiger partial charge in [0.2, 0.25) is 10.0 Å². The van der Waals surface area contributed by atoms with Gasteiger partial charge in [0.05, 0.1) is 10.5 Å². The first-order chi connectivity index (χ1) is 12.2. The molecule has 0 spiro atoms. The largest absolute Gasteiger partial charge is 0.417 e. The Morgan fingerprint density at radius 3 is 2.12 bits per heavy atom. The van der Waals surface area contributed by atoms with Crippen molar-refractivity contribution in [2.75, 3.05) is 31.1 Å². The second-order valence-electron chi connectivity index (χ2n) is 5.86. The van der Waals surface area contributed by atoms with Gasteiger partial charge in [-0.3, -0.25) is 0 Å². The van der Waals surface area contributed by atoms with Crippen LogP contribution in [-0.2, 0) is 16.2 Å². The second kappa shape index (κ2) is 7.09. The third kappa shape index (κ3) is 3.82. The molecular weight excluding hydrogens is 389 g/mol. The van der Waals surface area contributed by atoms with Gasteiger partial charge in [-0.2, -0.15) is 17.5 Å². The first kappa shape index (κ1) is 19.0. The van der Waals surface area contributed by atoms with E-state index in [1.54, 1.807) is 0 Å². The predicted octanol–water partition coefficient (Wildman–Crippen LogP) is 3.87. The molecule has 1 fully saturated rings. The lowest BCUT2D eigenvalue weighted by molar-refractivity contribution is -0.139. The molecule has 26 heavy (non-hydrogen) atoms. The quantitative estimate of drug-likeness (QED) is 0.779. The molecule has 0 amide bonds. The van der Waals surface area contributed by atoms with Crippen LogP contribution in [0.2, 0.25) is 5.02 Å². The van der Waals surface area contributed by atoms with E-state index >= 15 is 0 Å². The number of rotatable bonds is 3. The number of piperazine rings is 1. The van der Waals surface area contributed by atoms with Crippen LogP contribution in [0.5, 0.6) is 0 Å². The molecule has 0 radical (unpaired) electrons. The van der Waals surface area contributed by atoms with Gasteiger partial charge in [-0.05, 0) is 30.3 Å². The summed E-state index contributed by atoms with van der Waals surface area (Å²) < 4.78 is 66.4. The van der Waals surface area contributed by atoms with Crippen LogP contribution in [0.1, 0.15) is 5.56 Å². The van der Waals surface area contributed by atoms with Crippen molar-refractivity contribution in [2.24, 2.45) is 0 Å². The molecule has 2 aromatic carbocycles. The minimum atomic E-state index is -4.81. The van der Waals surface area contributed by atoms with Gasteiger partial charge < -0.3 is 4.90 Å². The Balaban J connectivity index is 1.85. The monoisotopic (exact) mass is 404 g/mol. The van der Waals surface area contributed by atoms with Crippen LogP contribution in [0.25, 0.3) is 0 Å². The number of halogens is 4. The normalized spacial score (nSPS) is 16.7.